The van der Waals surface area contributed by atoms with Crippen LogP contribution in [0.25, 0.3) is 0 Å². The van der Waals surface area contributed by atoms with Gasteiger partial charge in [-0.05, 0) is 73.8 Å². The Bertz CT molecular complexity index is 570. The summed E-state index contributed by atoms with van der Waals surface area (Å²) in [5.74, 6) is 0.602. The van der Waals surface area contributed by atoms with Gasteiger partial charge in [0.1, 0.15) is 11.5 Å². The minimum Gasteiger partial charge on any atom is -0.508 e. The molecule has 148 valence electrons. The summed E-state index contributed by atoms with van der Waals surface area (Å²) in [6.07, 6.45) is 14.0. The quantitative estimate of drug-likeness (QED) is 0.388. The Morgan fingerprint density at radius 1 is 0.962 bits per heavy atom. The third-order valence-corrected chi connectivity index (χ3v) is 6.66. The second-order valence-electron chi connectivity index (χ2n) is 9.67. The van der Waals surface area contributed by atoms with E-state index in [1.165, 1.54) is 51.4 Å². The molecule has 0 aromatic heterocycles. The van der Waals surface area contributed by atoms with Crippen molar-refractivity contribution in [3.8, 4) is 11.5 Å². The highest BCUT2D eigenvalue weighted by Gasteiger charge is 2.35. The van der Waals surface area contributed by atoms with Gasteiger partial charge in [-0.1, -0.05) is 59.4 Å². The zero-order valence-corrected chi connectivity index (χ0v) is 17.5. The molecule has 1 fully saturated rings. The summed E-state index contributed by atoms with van der Waals surface area (Å²) in [4.78, 5) is 0. The van der Waals surface area contributed by atoms with Crippen molar-refractivity contribution in [3.05, 3.63) is 23.3 Å². The van der Waals surface area contributed by atoms with Gasteiger partial charge in [0.15, 0.2) is 0 Å². The molecule has 0 aliphatic heterocycles. The molecule has 1 saturated carbocycles. The van der Waals surface area contributed by atoms with Crippen LogP contribution in [0.3, 0.4) is 0 Å². The van der Waals surface area contributed by atoms with Gasteiger partial charge >= 0.3 is 0 Å². The van der Waals surface area contributed by atoms with Crippen molar-refractivity contribution in [2.45, 2.75) is 105 Å². The van der Waals surface area contributed by atoms with Crippen molar-refractivity contribution in [1.29, 1.82) is 0 Å². The lowest BCUT2D eigenvalue weighted by Crippen LogP contribution is -2.08. The Morgan fingerprint density at radius 2 is 1.65 bits per heavy atom. The van der Waals surface area contributed by atoms with E-state index < -0.39 is 0 Å². The Balaban J connectivity index is 1.77. The molecule has 0 heterocycles. The molecular weight excluding hydrogens is 320 g/mol. The number of aryl methyl sites for hydroxylation is 1. The average Bonchev–Trinajstić information content (AvgIpc) is 3.33. The van der Waals surface area contributed by atoms with E-state index in [0.717, 1.165) is 36.8 Å². The average molecular weight is 361 g/mol. The van der Waals surface area contributed by atoms with Crippen LogP contribution in [-0.4, -0.2) is 10.2 Å². The molecule has 0 spiro atoms. The van der Waals surface area contributed by atoms with Crippen molar-refractivity contribution in [2.24, 2.45) is 10.8 Å². The van der Waals surface area contributed by atoms with E-state index in [-0.39, 0.29) is 5.75 Å². The summed E-state index contributed by atoms with van der Waals surface area (Å²) in [6, 6.07) is 3.67. The first-order valence-electron chi connectivity index (χ1n) is 10.8. The van der Waals surface area contributed by atoms with E-state index in [1.807, 2.05) is 6.07 Å². The second kappa shape index (κ2) is 9.15. The molecule has 0 bridgehead atoms. The molecule has 1 aliphatic rings. The molecular formula is C24H40O2. The number of phenols is 2. The number of hydrogen-bond acceptors (Lipinski definition) is 2. The van der Waals surface area contributed by atoms with Gasteiger partial charge in [-0.3, -0.25) is 0 Å². The normalized spacial score (nSPS) is 16.0. The van der Waals surface area contributed by atoms with Crippen LogP contribution in [0.5, 0.6) is 11.5 Å². The molecule has 0 amide bonds. The van der Waals surface area contributed by atoms with E-state index in [4.69, 9.17) is 0 Å². The van der Waals surface area contributed by atoms with E-state index in [0.29, 0.717) is 16.6 Å². The number of unbranched alkanes of at least 4 members (excludes halogenated alkanes) is 3. The molecule has 26 heavy (non-hydrogen) atoms. The monoisotopic (exact) mass is 360 g/mol. The van der Waals surface area contributed by atoms with Gasteiger partial charge in [-0.25, -0.2) is 0 Å². The fourth-order valence-electron chi connectivity index (χ4n) is 3.71. The minimum absolute atomic E-state index is 0.258. The third kappa shape index (κ3) is 6.52. The first-order chi connectivity index (χ1) is 12.3. The highest BCUT2D eigenvalue weighted by Crippen LogP contribution is 2.49. The maximum absolute atomic E-state index is 10.6. The summed E-state index contributed by atoms with van der Waals surface area (Å²) in [5, 5.41) is 20.8. The maximum atomic E-state index is 10.6. The van der Waals surface area contributed by atoms with E-state index in [9.17, 15) is 10.2 Å². The molecule has 2 heteroatoms. The summed E-state index contributed by atoms with van der Waals surface area (Å²) >= 11 is 0. The van der Waals surface area contributed by atoms with Gasteiger partial charge < -0.3 is 10.2 Å². The summed E-state index contributed by atoms with van der Waals surface area (Å²) in [5.41, 5.74) is 2.81. The summed E-state index contributed by atoms with van der Waals surface area (Å²) in [7, 11) is 0. The fraction of sp³-hybridized carbons (Fsp3) is 0.750. The van der Waals surface area contributed by atoms with Crippen LogP contribution in [-0.2, 0) is 12.8 Å². The lowest BCUT2D eigenvalue weighted by molar-refractivity contribution is 0.308. The topological polar surface area (TPSA) is 40.5 Å². The molecule has 1 aliphatic carbocycles. The van der Waals surface area contributed by atoms with Gasteiger partial charge in [0.2, 0.25) is 0 Å². The van der Waals surface area contributed by atoms with Crippen molar-refractivity contribution >= 4 is 0 Å². The standard InChI is InChI=1S/C24H40O2/c1-5-23(2,3)15-9-6-7-11-19-13-14-21(25)20(22(19)26)12-8-10-16-24(4)17-18-24/h13-14,25-26H,5-12,15-18H2,1-4H3. The van der Waals surface area contributed by atoms with Crippen LogP contribution in [0.1, 0.15) is 103 Å². The lowest BCUT2D eigenvalue weighted by Gasteiger charge is -2.22. The largest absolute Gasteiger partial charge is 0.508 e. The number of hydrogen-bond donors (Lipinski definition) is 2. The van der Waals surface area contributed by atoms with Crippen LogP contribution >= 0.6 is 0 Å². The Kier molecular flexibility index (Phi) is 7.43. The van der Waals surface area contributed by atoms with Crippen LogP contribution in [0, 0.1) is 10.8 Å². The first kappa shape index (κ1) is 21.1. The number of benzene rings is 1. The summed E-state index contributed by atoms with van der Waals surface area (Å²) in [6.45, 7) is 9.31. The Hall–Kier alpha value is -1.18. The maximum Gasteiger partial charge on any atom is 0.125 e. The van der Waals surface area contributed by atoms with Gasteiger partial charge in [0.25, 0.3) is 0 Å². The first-order valence-corrected chi connectivity index (χ1v) is 10.8. The second-order valence-corrected chi connectivity index (χ2v) is 9.67. The van der Waals surface area contributed by atoms with Crippen molar-refractivity contribution in [2.75, 3.05) is 0 Å². The Labute approximate surface area is 161 Å². The zero-order valence-electron chi connectivity index (χ0n) is 17.5. The van der Waals surface area contributed by atoms with E-state index in [2.05, 4.69) is 27.7 Å². The molecule has 2 rings (SSSR count). The predicted octanol–water partition coefficient (Wildman–Crippen LogP) is 7.15. The Morgan fingerprint density at radius 3 is 2.31 bits per heavy atom. The number of aromatic hydroxyl groups is 2. The molecule has 1 aromatic rings. The van der Waals surface area contributed by atoms with Gasteiger partial charge in [0, 0.05) is 5.56 Å². The predicted molar refractivity (Wildman–Crippen MR) is 111 cm³/mol. The van der Waals surface area contributed by atoms with E-state index in [1.54, 1.807) is 6.07 Å². The lowest BCUT2D eigenvalue weighted by atomic mass is 9.84. The number of rotatable bonds is 12. The third-order valence-electron chi connectivity index (χ3n) is 6.66. The molecule has 0 saturated heterocycles. The molecule has 0 radical (unpaired) electrons. The SMILES string of the molecule is CCC(C)(C)CCCCCc1ccc(O)c(CCCCC2(C)CC2)c1O. The molecule has 2 nitrogen and oxygen atoms in total. The molecule has 1 aromatic carbocycles. The fourth-order valence-corrected chi connectivity index (χ4v) is 3.71. The van der Waals surface area contributed by atoms with Gasteiger partial charge in [-0.15, -0.1) is 0 Å². The molecule has 0 atom stereocenters. The van der Waals surface area contributed by atoms with Gasteiger partial charge in [0.05, 0.1) is 0 Å². The van der Waals surface area contributed by atoms with Crippen LogP contribution < -0.4 is 0 Å². The smallest absolute Gasteiger partial charge is 0.125 e. The summed E-state index contributed by atoms with van der Waals surface area (Å²) < 4.78 is 0. The van der Waals surface area contributed by atoms with Crippen molar-refractivity contribution in [3.63, 3.8) is 0 Å². The van der Waals surface area contributed by atoms with Gasteiger partial charge in [-0.2, -0.15) is 0 Å². The minimum atomic E-state index is 0.258. The highest BCUT2D eigenvalue weighted by atomic mass is 16.3. The van der Waals surface area contributed by atoms with Crippen LogP contribution in [0.2, 0.25) is 0 Å². The van der Waals surface area contributed by atoms with Crippen LogP contribution in [0.4, 0.5) is 0 Å². The molecule has 0 unspecified atom stereocenters. The highest BCUT2D eigenvalue weighted by molar-refractivity contribution is 5.48. The van der Waals surface area contributed by atoms with Crippen LogP contribution in [0.15, 0.2) is 12.1 Å². The zero-order chi connectivity index (χ0) is 19.2. The number of phenolic OH excluding ortho intramolecular Hbond substituents is 2. The molecule has 2 N–H and O–H groups in total. The van der Waals surface area contributed by atoms with Crippen molar-refractivity contribution in [1.82, 2.24) is 0 Å². The van der Waals surface area contributed by atoms with E-state index >= 15 is 0 Å². The van der Waals surface area contributed by atoms with Crippen molar-refractivity contribution < 1.29 is 10.2 Å².